The van der Waals surface area contributed by atoms with E-state index in [4.69, 9.17) is 0 Å². The van der Waals surface area contributed by atoms with Gasteiger partial charge in [-0.3, -0.25) is 9.10 Å². The molecule has 0 radical (unpaired) electrons. The van der Waals surface area contributed by atoms with Gasteiger partial charge in [0.25, 0.3) is 10.0 Å². The number of hydrogen-bond acceptors (Lipinski definition) is 3. The van der Waals surface area contributed by atoms with E-state index in [1.807, 2.05) is 6.07 Å². The highest BCUT2D eigenvalue weighted by Gasteiger charge is 2.30. The molecule has 138 valence electrons. The molecule has 1 aliphatic heterocycles. The molecule has 1 atom stereocenters. The maximum absolute atomic E-state index is 13.2. The number of hydrogen-bond donors (Lipinski definition) is 0. The fourth-order valence-corrected chi connectivity index (χ4v) is 4.70. The van der Waals surface area contributed by atoms with Gasteiger partial charge >= 0.3 is 0 Å². The first kappa shape index (κ1) is 18.5. The van der Waals surface area contributed by atoms with Crippen LogP contribution in [0.5, 0.6) is 0 Å². The van der Waals surface area contributed by atoms with Crippen molar-refractivity contribution < 1.29 is 13.2 Å². The Morgan fingerprint density at radius 1 is 1.08 bits per heavy atom. The Balaban J connectivity index is 1.91. The first-order chi connectivity index (χ1) is 12.5. The van der Waals surface area contributed by atoms with Crippen LogP contribution in [0.2, 0.25) is 0 Å². The Hall–Kier alpha value is -2.34. The number of rotatable bonds is 5. The molecule has 0 aliphatic carbocycles. The van der Waals surface area contributed by atoms with Crippen LogP contribution in [0.15, 0.2) is 65.6 Å². The van der Waals surface area contributed by atoms with Gasteiger partial charge in [0.2, 0.25) is 5.91 Å². The van der Waals surface area contributed by atoms with Gasteiger partial charge in [-0.05, 0) is 43.0 Å². The number of para-hydroxylation sites is 1. The topological polar surface area (TPSA) is 57.7 Å². The minimum absolute atomic E-state index is 0.153. The van der Waals surface area contributed by atoms with Crippen LogP contribution in [0, 0.1) is 5.92 Å². The lowest BCUT2D eigenvalue weighted by Crippen LogP contribution is -2.46. The van der Waals surface area contributed by atoms with Gasteiger partial charge in [-0.25, -0.2) is 8.42 Å². The van der Waals surface area contributed by atoms with E-state index in [-0.39, 0.29) is 17.3 Å². The van der Waals surface area contributed by atoms with Crippen molar-refractivity contribution >= 4 is 21.6 Å². The summed E-state index contributed by atoms with van der Waals surface area (Å²) in [6, 6.07) is 17.1. The Bertz CT molecular complexity index is 838. The number of piperidine rings is 1. The normalized spacial score (nSPS) is 17.7. The molecule has 1 fully saturated rings. The number of nitrogens with zero attached hydrogens (tertiary/aromatic N) is 2. The Labute approximate surface area is 155 Å². The zero-order valence-corrected chi connectivity index (χ0v) is 15.7. The molecule has 26 heavy (non-hydrogen) atoms. The number of carbonyl (C=O) groups is 1. The summed E-state index contributed by atoms with van der Waals surface area (Å²) in [5.74, 6) is 0.295. The Morgan fingerprint density at radius 2 is 1.69 bits per heavy atom. The van der Waals surface area contributed by atoms with Crippen molar-refractivity contribution in [1.29, 1.82) is 0 Å². The van der Waals surface area contributed by atoms with Gasteiger partial charge in [0.1, 0.15) is 6.54 Å². The predicted octanol–water partition coefficient (Wildman–Crippen LogP) is 3.14. The van der Waals surface area contributed by atoms with Crippen molar-refractivity contribution in [3.63, 3.8) is 0 Å². The van der Waals surface area contributed by atoms with E-state index in [0.29, 0.717) is 24.7 Å². The summed E-state index contributed by atoms with van der Waals surface area (Å²) in [5, 5.41) is 0. The molecular weight excluding hydrogens is 348 g/mol. The zero-order chi connectivity index (χ0) is 18.6. The van der Waals surface area contributed by atoms with Crippen LogP contribution >= 0.6 is 0 Å². The lowest BCUT2D eigenvalue weighted by molar-refractivity contribution is -0.131. The third-order valence-corrected chi connectivity index (χ3v) is 6.45. The molecule has 2 aromatic rings. The highest BCUT2D eigenvalue weighted by molar-refractivity contribution is 7.92. The summed E-state index contributed by atoms with van der Waals surface area (Å²) in [7, 11) is -3.82. The second kappa shape index (κ2) is 7.91. The Morgan fingerprint density at radius 3 is 2.31 bits per heavy atom. The van der Waals surface area contributed by atoms with Crippen LogP contribution in [0.4, 0.5) is 5.69 Å². The SMILES string of the molecule is C[C@H]1CCCN(C(=O)CN(c2ccccc2)S(=O)(=O)c2ccccc2)C1. The van der Waals surface area contributed by atoms with Crippen molar-refractivity contribution in [2.45, 2.75) is 24.7 Å². The number of sulfonamides is 1. The Kier molecular flexibility index (Phi) is 5.61. The van der Waals surface area contributed by atoms with E-state index in [9.17, 15) is 13.2 Å². The molecule has 0 N–H and O–H groups in total. The number of amides is 1. The molecule has 1 heterocycles. The number of benzene rings is 2. The molecule has 0 saturated carbocycles. The van der Waals surface area contributed by atoms with Crippen LogP contribution in [0.3, 0.4) is 0 Å². The van der Waals surface area contributed by atoms with Gasteiger partial charge < -0.3 is 4.90 Å². The molecule has 5 nitrogen and oxygen atoms in total. The standard InChI is InChI=1S/C20H24N2O3S/c1-17-9-8-14-21(15-17)20(23)16-22(18-10-4-2-5-11-18)26(24,25)19-12-6-3-7-13-19/h2-7,10-13,17H,8-9,14-16H2,1H3/t17-/m0/s1. The van der Waals surface area contributed by atoms with E-state index < -0.39 is 10.0 Å². The molecular formula is C20H24N2O3S. The largest absolute Gasteiger partial charge is 0.341 e. The maximum Gasteiger partial charge on any atom is 0.264 e. The smallest absolute Gasteiger partial charge is 0.264 e. The van der Waals surface area contributed by atoms with Gasteiger partial charge in [-0.2, -0.15) is 0 Å². The lowest BCUT2D eigenvalue weighted by Gasteiger charge is -2.33. The molecule has 6 heteroatoms. The molecule has 0 unspecified atom stereocenters. The van der Waals surface area contributed by atoms with Gasteiger partial charge in [0, 0.05) is 13.1 Å². The minimum Gasteiger partial charge on any atom is -0.341 e. The summed E-state index contributed by atoms with van der Waals surface area (Å²) in [5.41, 5.74) is 0.495. The van der Waals surface area contributed by atoms with E-state index in [1.54, 1.807) is 59.5 Å². The highest BCUT2D eigenvalue weighted by Crippen LogP contribution is 2.24. The fourth-order valence-electron chi connectivity index (χ4n) is 3.27. The number of anilines is 1. The summed E-state index contributed by atoms with van der Waals surface area (Å²) in [6.07, 6.45) is 2.07. The molecule has 2 aromatic carbocycles. The predicted molar refractivity (Wildman–Crippen MR) is 102 cm³/mol. The quantitative estimate of drug-likeness (QED) is 0.810. The molecule has 1 saturated heterocycles. The molecule has 0 aromatic heterocycles. The fraction of sp³-hybridized carbons (Fsp3) is 0.350. The van der Waals surface area contributed by atoms with Crippen LogP contribution in [-0.4, -0.2) is 38.9 Å². The lowest BCUT2D eigenvalue weighted by atomic mass is 10.0. The number of likely N-dealkylation sites (tertiary alicyclic amines) is 1. The van der Waals surface area contributed by atoms with Crippen LogP contribution in [0.1, 0.15) is 19.8 Å². The van der Waals surface area contributed by atoms with Crippen molar-refractivity contribution in [3.8, 4) is 0 Å². The first-order valence-corrected chi connectivity index (χ1v) is 10.3. The van der Waals surface area contributed by atoms with Gasteiger partial charge in [-0.1, -0.05) is 43.3 Å². The average molecular weight is 372 g/mol. The van der Waals surface area contributed by atoms with Gasteiger partial charge in [0.05, 0.1) is 10.6 Å². The molecule has 0 bridgehead atoms. The third-order valence-electron chi connectivity index (χ3n) is 4.66. The van der Waals surface area contributed by atoms with E-state index >= 15 is 0 Å². The van der Waals surface area contributed by atoms with E-state index in [1.165, 1.54) is 4.31 Å². The van der Waals surface area contributed by atoms with Crippen LogP contribution in [-0.2, 0) is 14.8 Å². The summed E-state index contributed by atoms with van der Waals surface area (Å²) < 4.78 is 27.6. The number of carbonyl (C=O) groups excluding carboxylic acids is 1. The highest BCUT2D eigenvalue weighted by atomic mass is 32.2. The van der Waals surface area contributed by atoms with Crippen molar-refractivity contribution in [2.24, 2.45) is 5.92 Å². The minimum atomic E-state index is -3.82. The van der Waals surface area contributed by atoms with Crippen molar-refractivity contribution in [2.75, 3.05) is 23.9 Å². The van der Waals surface area contributed by atoms with Gasteiger partial charge in [0.15, 0.2) is 0 Å². The summed E-state index contributed by atoms with van der Waals surface area (Å²) in [4.78, 5) is 14.8. The molecule has 3 rings (SSSR count). The molecule has 1 aliphatic rings. The second-order valence-electron chi connectivity index (χ2n) is 6.75. The summed E-state index contributed by atoms with van der Waals surface area (Å²) >= 11 is 0. The monoisotopic (exact) mass is 372 g/mol. The van der Waals surface area contributed by atoms with Crippen molar-refractivity contribution in [3.05, 3.63) is 60.7 Å². The van der Waals surface area contributed by atoms with E-state index in [2.05, 4.69) is 6.92 Å². The molecule has 0 spiro atoms. The summed E-state index contributed by atoms with van der Waals surface area (Å²) in [6.45, 7) is 3.31. The maximum atomic E-state index is 13.2. The second-order valence-corrected chi connectivity index (χ2v) is 8.61. The van der Waals surface area contributed by atoms with Crippen LogP contribution in [0.25, 0.3) is 0 Å². The average Bonchev–Trinajstić information content (AvgIpc) is 2.67. The van der Waals surface area contributed by atoms with E-state index in [0.717, 1.165) is 12.8 Å². The molecule has 1 amide bonds. The zero-order valence-electron chi connectivity index (χ0n) is 14.9. The van der Waals surface area contributed by atoms with Gasteiger partial charge in [-0.15, -0.1) is 0 Å². The van der Waals surface area contributed by atoms with Crippen LogP contribution < -0.4 is 4.31 Å². The third kappa shape index (κ3) is 4.07. The van der Waals surface area contributed by atoms with Crippen molar-refractivity contribution in [1.82, 2.24) is 4.90 Å². The first-order valence-electron chi connectivity index (χ1n) is 8.89.